The summed E-state index contributed by atoms with van der Waals surface area (Å²) >= 11 is 0. The number of hydrogen-bond acceptors (Lipinski definition) is 8. The molecule has 1 unspecified atom stereocenters. The molecule has 1 atom stereocenters. The molecule has 2 N–H and O–H groups in total. The maximum absolute atomic E-state index is 12.7. The number of benzene rings is 3. The van der Waals surface area contributed by atoms with Gasteiger partial charge in [-0.2, -0.15) is 5.26 Å². The number of carbonyl (C=O) groups excluding carboxylic acids is 1. The van der Waals surface area contributed by atoms with Gasteiger partial charge in [-0.1, -0.05) is 31.5 Å². The molecule has 0 saturated heterocycles. The first kappa shape index (κ1) is 25.5. The Bertz CT molecular complexity index is 1380. The highest BCUT2D eigenvalue weighted by Gasteiger charge is 2.32. The zero-order valence-corrected chi connectivity index (χ0v) is 20.9. The monoisotopic (exact) mass is 500 g/mol. The van der Waals surface area contributed by atoms with Gasteiger partial charge >= 0.3 is 5.97 Å². The van der Waals surface area contributed by atoms with E-state index in [1.54, 1.807) is 49.6 Å². The van der Waals surface area contributed by atoms with Gasteiger partial charge in [0.2, 0.25) is 5.88 Å². The van der Waals surface area contributed by atoms with Crippen LogP contribution in [0.3, 0.4) is 0 Å². The lowest BCUT2D eigenvalue weighted by molar-refractivity contribution is 0.0734. The van der Waals surface area contributed by atoms with E-state index < -0.39 is 11.9 Å². The van der Waals surface area contributed by atoms with Gasteiger partial charge in [0.15, 0.2) is 11.5 Å². The van der Waals surface area contributed by atoms with Crippen LogP contribution in [0, 0.1) is 11.3 Å². The van der Waals surface area contributed by atoms with Crippen LogP contribution in [0.25, 0.3) is 0 Å². The zero-order chi connectivity index (χ0) is 26.4. The van der Waals surface area contributed by atoms with Crippen LogP contribution in [0.5, 0.6) is 28.7 Å². The van der Waals surface area contributed by atoms with E-state index in [4.69, 9.17) is 29.4 Å². The van der Waals surface area contributed by atoms with Crippen LogP contribution >= 0.6 is 0 Å². The van der Waals surface area contributed by atoms with Gasteiger partial charge in [0.05, 0.1) is 32.3 Å². The number of unbranched alkanes of at least 4 members (excludes halogenated alkanes) is 1. The summed E-state index contributed by atoms with van der Waals surface area (Å²) in [5.74, 6) is 1.33. The maximum Gasteiger partial charge on any atom is 0.343 e. The highest BCUT2D eigenvalue weighted by atomic mass is 16.5. The quantitative estimate of drug-likeness (QED) is 0.239. The Hall–Kier alpha value is -4.64. The Morgan fingerprint density at radius 1 is 1.03 bits per heavy atom. The minimum Gasteiger partial charge on any atom is -0.497 e. The number of ether oxygens (including phenoxy) is 5. The van der Waals surface area contributed by atoms with Crippen LogP contribution < -0.4 is 29.4 Å². The van der Waals surface area contributed by atoms with Crippen molar-refractivity contribution in [1.82, 2.24) is 0 Å². The molecule has 0 aromatic heterocycles. The van der Waals surface area contributed by atoms with Crippen LogP contribution in [0.15, 0.2) is 72.1 Å². The van der Waals surface area contributed by atoms with Gasteiger partial charge in [0.1, 0.15) is 28.9 Å². The SMILES string of the molecule is CCCCOc1ccc(C2C(C#N)=C(N)Oc3cc(OC(=O)c4cccc(OC)c4)ccc32)cc1OC. The molecule has 1 aliphatic rings. The van der Waals surface area contributed by atoms with Crippen LogP contribution in [0.2, 0.25) is 0 Å². The van der Waals surface area contributed by atoms with E-state index >= 15 is 0 Å². The van der Waals surface area contributed by atoms with E-state index in [2.05, 4.69) is 13.0 Å². The number of carbonyl (C=O) groups is 1. The predicted octanol–water partition coefficient (Wildman–Crippen LogP) is 5.32. The van der Waals surface area contributed by atoms with Gasteiger partial charge in [-0.05, 0) is 48.4 Å². The van der Waals surface area contributed by atoms with E-state index in [1.807, 2.05) is 18.2 Å². The van der Waals surface area contributed by atoms with Crippen molar-refractivity contribution in [2.45, 2.75) is 25.7 Å². The first-order valence-corrected chi connectivity index (χ1v) is 11.9. The number of fused-ring (bicyclic) bond motifs is 1. The molecule has 37 heavy (non-hydrogen) atoms. The molecule has 8 nitrogen and oxygen atoms in total. The second-order valence-corrected chi connectivity index (χ2v) is 8.36. The van der Waals surface area contributed by atoms with E-state index in [9.17, 15) is 10.1 Å². The fourth-order valence-electron chi connectivity index (χ4n) is 4.07. The molecule has 0 fully saturated rings. The van der Waals surface area contributed by atoms with Gasteiger partial charge < -0.3 is 29.4 Å². The van der Waals surface area contributed by atoms with Crippen molar-refractivity contribution in [2.75, 3.05) is 20.8 Å². The molecule has 3 aromatic carbocycles. The smallest absolute Gasteiger partial charge is 0.343 e. The van der Waals surface area contributed by atoms with Crippen molar-refractivity contribution in [3.05, 3.63) is 88.8 Å². The van der Waals surface area contributed by atoms with Crippen LogP contribution in [-0.2, 0) is 0 Å². The number of nitriles is 1. The minimum absolute atomic E-state index is 0.0153. The Balaban J connectivity index is 1.65. The zero-order valence-electron chi connectivity index (χ0n) is 20.9. The van der Waals surface area contributed by atoms with Crippen molar-refractivity contribution in [3.8, 4) is 34.8 Å². The van der Waals surface area contributed by atoms with E-state index in [0.29, 0.717) is 40.7 Å². The number of nitrogens with two attached hydrogens (primary N) is 1. The number of methoxy groups -OCH3 is 2. The Morgan fingerprint density at radius 3 is 2.59 bits per heavy atom. The minimum atomic E-state index is -0.546. The average molecular weight is 501 g/mol. The number of allylic oxidation sites excluding steroid dienone is 1. The van der Waals surface area contributed by atoms with Gasteiger partial charge in [0.25, 0.3) is 0 Å². The molecule has 0 radical (unpaired) electrons. The standard InChI is InChI=1S/C29H28N2O6/c1-4-5-13-35-24-12-9-18(15-26(24)34-3)27-22-11-10-21(16-25(22)37-28(31)23(27)17-30)36-29(32)19-7-6-8-20(14-19)33-2/h6-12,14-16,27H,4-5,13,31H2,1-3H3. The lowest BCUT2D eigenvalue weighted by atomic mass is 9.83. The second kappa shape index (κ2) is 11.4. The third kappa shape index (κ3) is 5.46. The molecule has 3 aromatic rings. The molecule has 0 saturated carbocycles. The Labute approximate surface area is 215 Å². The molecule has 0 bridgehead atoms. The van der Waals surface area contributed by atoms with Crippen molar-refractivity contribution < 1.29 is 28.5 Å². The summed E-state index contributed by atoms with van der Waals surface area (Å²) in [6, 6.07) is 19.4. The van der Waals surface area contributed by atoms with Crippen LogP contribution in [0.1, 0.15) is 47.2 Å². The number of rotatable bonds is 9. The van der Waals surface area contributed by atoms with Gasteiger partial charge in [-0.15, -0.1) is 0 Å². The summed E-state index contributed by atoms with van der Waals surface area (Å²) in [7, 11) is 3.10. The summed E-state index contributed by atoms with van der Waals surface area (Å²) < 4.78 is 27.9. The summed E-state index contributed by atoms with van der Waals surface area (Å²) in [5, 5.41) is 9.88. The van der Waals surface area contributed by atoms with Gasteiger partial charge in [-0.25, -0.2) is 4.79 Å². The summed E-state index contributed by atoms with van der Waals surface area (Å²) in [6.07, 6.45) is 1.95. The average Bonchev–Trinajstić information content (AvgIpc) is 2.92. The largest absolute Gasteiger partial charge is 0.497 e. The van der Waals surface area contributed by atoms with Crippen molar-refractivity contribution >= 4 is 5.97 Å². The lowest BCUT2D eigenvalue weighted by Gasteiger charge is -2.27. The Kier molecular flexibility index (Phi) is 7.84. The topological polar surface area (TPSA) is 113 Å². The third-order valence-corrected chi connectivity index (χ3v) is 5.98. The maximum atomic E-state index is 12.7. The molecule has 190 valence electrons. The highest BCUT2D eigenvalue weighted by Crippen LogP contribution is 2.45. The van der Waals surface area contributed by atoms with Crippen LogP contribution in [-0.4, -0.2) is 26.8 Å². The molecule has 4 rings (SSSR count). The van der Waals surface area contributed by atoms with E-state index in [-0.39, 0.29) is 17.2 Å². The van der Waals surface area contributed by atoms with Crippen molar-refractivity contribution in [3.63, 3.8) is 0 Å². The van der Waals surface area contributed by atoms with Crippen molar-refractivity contribution in [1.29, 1.82) is 5.26 Å². The summed E-state index contributed by atoms with van der Waals surface area (Å²) in [5.41, 5.74) is 8.25. The molecule has 0 spiro atoms. The van der Waals surface area contributed by atoms with Gasteiger partial charge in [0, 0.05) is 11.6 Å². The molecule has 1 aliphatic heterocycles. The lowest BCUT2D eigenvalue weighted by Crippen LogP contribution is -2.21. The number of hydrogen-bond donors (Lipinski definition) is 1. The summed E-state index contributed by atoms with van der Waals surface area (Å²) in [6.45, 7) is 2.68. The van der Waals surface area contributed by atoms with E-state index in [1.165, 1.54) is 7.11 Å². The van der Waals surface area contributed by atoms with Crippen LogP contribution in [0.4, 0.5) is 0 Å². The normalized spacial score (nSPS) is 14.2. The molecule has 0 amide bonds. The molecular formula is C29H28N2O6. The first-order chi connectivity index (χ1) is 18.0. The fraction of sp³-hybridized carbons (Fsp3) is 0.241. The fourth-order valence-corrected chi connectivity index (χ4v) is 4.07. The second-order valence-electron chi connectivity index (χ2n) is 8.36. The Morgan fingerprint density at radius 2 is 1.86 bits per heavy atom. The van der Waals surface area contributed by atoms with E-state index in [0.717, 1.165) is 18.4 Å². The van der Waals surface area contributed by atoms with Gasteiger partial charge in [-0.3, -0.25) is 0 Å². The first-order valence-electron chi connectivity index (χ1n) is 11.9. The number of esters is 1. The molecular weight excluding hydrogens is 472 g/mol. The molecule has 8 heteroatoms. The summed E-state index contributed by atoms with van der Waals surface area (Å²) in [4.78, 5) is 12.7. The molecule has 1 heterocycles. The predicted molar refractivity (Wildman–Crippen MR) is 137 cm³/mol. The highest BCUT2D eigenvalue weighted by molar-refractivity contribution is 5.91. The third-order valence-electron chi connectivity index (χ3n) is 5.98. The molecule has 0 aliphatic carbocycles. The number of nitrogens with zero attached hydrogens (tertiary/aromatic N) is 1. The van der Waals surface area contributed by atoms with Crippen molar-refractivity contribution in [2.24, 2.45) is 5.73 Å².